The summed E-state index contributed by atoms with van der Waals surface area (Å²) in [6, 6.07) is 2.99. The second-order valence-corrected chi connectivity index (χ2v) is 5.17. The summed E-state index contributed by atoms with van der Waals surface area (Å²) in [5.74, 6) is -0.695. The maximum absolute atomic E-state index is 12.7. The van der Waals surface area contributed by atoms with Crippen LogP contribution in [0.1, 0.15) is 27.9 Å². The van der Waals surface area contributed by atoms with E-state index in [-0.39, 0.29) is 10.7 Å². The van der Waals surface area contributed by atoms with Gasteiger partial charge in [-0.1, -0.05) is 18.3 Å². The van der Waals surface area contributed by atoms with Crippen LogP contribution in [0.25, 0.3) is 0 Å². The van der Waals surface area contributed by atoms with Crippen LogP contribution in [-0.4, -0.2) is 16.1 Å². The molecule has 0 aliphatic carbocycles. The number of carbonyl (C=O) groups excluding carboxylic acids is 1. The summed E-state index contributed by atoms with van der Waals surface area (Å²) >= 11 is 1.17. The second kappa shape index (κ2) is 5.68. The van der Waals surface area contributed by atoms with Crippen LogP contribution >= 0.6 is 11.3 Å². The molecule has 0 unspecified atom stereocenters. The molecule has 0 spiro atoms. The molecule has 0 aliphatic heterocycles. The molecule has 0 fully saturated rings. The van der Waals surface area contributed by atoms with Gasteiger partial charge in [-0.3, -0.25) is 10.1 Å². The number of nitrogens with one attached hydrogen (secondary N) is 1. The van der Waals surface area contributed by atoms with E-state index in [1.165, 1.54) is 17.4 Å². The summed E-state index contributed by atoms with van der Waals surface area (Å²) in [5.41, 5.74) is 3.66. The van der Waals surface area contributed by atoms with E-state index in [9.17, 15) is 18.0 Å². The van der Waals surface area contributed by atoms with E-state index in [1.807, 2.05) is 6.92 Å². The normalized spacial score (nSPS) is 11.4. The van der Waals surface area contributed by atoms with Crippen LogP contribution in [0.15, 0.2) is 18.2 Å². The minimum atomic E-state index is -4.61. The smallest absolute Gasteiger partial charge is 0.398 e. The Kier molecular flexibility index (Phi) is 4.12. The van der Waals surface area contributed by atoms with E-state index >= 15 is 0 Å². The Morgan fingerprint density at radius 3 is 2.67 bits per heavy atom. The number of alkyl halides is 3. The number of benzene rings is 1. The zero-order valence-electron chi connectivity index (χ0n) is 10.9. The van der Waals surface area contributed by atoms with Crippen LogP contribution in [0.5, 0.6) is 0 Å². The fraction of sp³-hybridized carbons (Fsp3) is 0.250. The highest BCUT2D eigenvalue weighted by Crippen LogP contribution is 2.34. The van der Waals surface area contributed by atoms with E-state index in [2.05, 4.69) is 15.5 Å². The van der Waals surface area contributed by atoms with Gasteiger partial charge in [-0.15, -0.1) is 10.2 Å². The van der Waals surface area contributed by atoms with Crippen molar-refractivity contribution in [2.24, 2.45) is 0 Å². The van der Waals surface area contributed by atoms with E-state index in [4.69, 9.17) is 5.73 Å². The number of hydrogen-bond acceptors (Lipinski definition) is 5. The van der Waals surface area contributed by atoms with Gasteiger partial charge in [0.1, 0.15) is 5.01 Å². The molecule has 9 heteroatoms. The first-order valence-corrected chi connectivity index (χ1v) is 6.73. The van der Waals surface area contributed by atoms with Crippen LogP contribution in [0, 0.1) is 0 Å². The zero-order chi connectivity index (χ0) is 15.6. The van der Waals surface area contributed by atoms with Crippen LogP contribution in [0.3, 0.4) is 0 Å². The minimum absolute atomic E-state index is 0.148. The first-order chi connectivity index (χ1) is 9.81. The van der Waals surface area contributed by atoms with Gasteiger partial charge in [-0.2, -0.15) is 13.2 Å². The molecule has 1 amide bonds. The van der Waals surface area contributed by atoms with Gasteiger partial charge >= 0.3 is 6.18 Å². The standard InChI is InChI=1S/C12H11F3N4OS/c1-2-9-18-19-11(21-9)17-10(20)6-3-4-8(16)7(5-6)12(13,14)15/h3-5H,2,16H2,1H3,(H,17,19,20). The van der Waals surface area contributed by atoms with E-state index in [0.717, 1.165) is 11.1 Å². The number of hydrogen-bond donors (Lipinski definition) is 2. The third-order valence-corrected chi connectivity index (χ3v) is 3.59. The maximum atomic E-state index is 12.7. The summed E-state index contributed by atoms with van der Waals surface area (Å²) in [7, 11) is 0. The van der Waals surface area contributed by atoms with Gasteiger partial charge < -0.3 is 5.73 Å². The molecule has 0 atom stereocenters. The maximum Gasteiger partial charge on any atom is 0.418 e. The molecule has 3 N–H and O–H groups in total. The van der Waals surface area contributed by atoms with Gasteiger partial charge in [0.15, 0.2) is 0 Å². The van der Waals surface area contributed by atoms with E-state index in [1.54, 1.807) is 0 Å². The number of nitrogen functional groups attached to an aromatic ring is 1. The van der Waals surface area contributed by atoms with Crippen molar-refractivity contribution in [3.63, 3.8) is 0 Å². The molecule has 21 heavy (non-hydrogen) atoms. The number of nitrogens with two attached hydrogens (primary N) is 1. The number of aryl methyl sites for hydroxylation is 1. The van der Waals surface area contributed by atoms with Crippen molar-refractivity contribution in [1.29, 1.82) is 0 Å². The largest absolute Gasteiger partial charge is 0.418 e. The SMILES string of the molecule is CCc1nnc(NC(=O)c2ccc(N)c(C(F)(F)F)c2)s1. The topological polar surface area (TPSA) is 80.9 Å². The fourth-order valence-corrected chi connectivity index (χ4v) is 2.23. The lowest BCUT2D eigenvalue weighted by Crippen LogP contribution is -2.15. The fourth-order valence-electron chi connectivity index (χ4n) is 1.56. The molecule has 1 aromatic heterocycles. The first kappa shape index (κ1) is 15.2. The monoisotopic (exact) mass is 316 g/mol. The lowest BCUT2D eigenvalue weighted by atomic mass is 10.1. The molecule has 2 rings (SSSR count). The Hall–Kier alpha value is -2.16. The number of anilines is 2. The van der Waals surface area contributed by atoms with E-state index < -0.39 is 23.3 Å². The van der Waals surface area contributed by atoms with Crippen molar-refractivity contribution >= 4 is 28.1 Å². The lowest BCUT2D eigenvalue weighted by molar-refractivity contribution is -0.136. The van der Waals surface area contributed by atoms with Crippen molar-refractivity contribution in [3.8, 4) is 0 Å². The first-order valence-electron chi connectivity index (χ1n) is 5.91. The summed E-state index contributed by atoms with van der Waals surface area (Å²) in [6.07, 6.45) is -3.95. The van der Waals surface area contributed by atoms with Crippen molar-refractivity contribution in [3.05, 3.63) is 34.3 Å². The Balaban J connectivity index is 2.23. The molecule has 2 aromatic rings. The quantitative estimate of drug-likeness (QED) is 0.853. The molecule has 0 bridgehead atoms. The molecule has 1 heterocycles. The van der Waals surface area contributed by atoms with Crippen molar-refractivity contribution < 1.29 is 18.0 Å². The van der Waals surface area contributed by atoms with Crippen LogP contribution in [-0.2, 0) is 12.6 Å². The van der Waals surface area contributed by atoms with E-state index in [0.29, 0.717) is 12.5 Å². The Bertz CT molecular complexity index is 669. The molecular formula is C12H11F3N4OS. The number of halogens is 3. The number of nitrogens with zero attached hydrogens (tertiary/aromatic N) is 2. The summed E-state index contributed by atoms with van der Waals surface area (Å²) < 4.78 is 38.2. The highest BCUT2D eigenvalue weighted by molar-refractivity contribution is 7.15. The van der Waals surface area contributed by atoms with Crippen molar-refractivity contribution in [1.82, 2.24) is 10.2 Å². The second-order valence-electron chi connectivity index (χ2n) is 4.11. The molecule has 5 nitrogen and oxygen atoms in total. The van der Waals surface area contributed by atoms with Gasteiger partial charge in [-0.25, -0.2) is 0 Å². The Morgan fingerprint density at radius 1 is 1.38 bits per heavy atom. The van der Waals surface area contributed by atoms with Gasteiger partial charge in [0.05, 0.1) is 5.56 Å². The highest BCUT2D eigenvalue weighted by atomic mass is 32.1. The molecule has 0 aliphatic rings. The number of carbonyl (C=O) groups is 1. The summed E-state index contributed by atoms with van der Waals surface area (Å²) in [6.45, 7) is 1.88. The number of rotatable bonds is 3. The Morgan fingerprint density at radius 2 is 2.10 bits per heavy atom. The molecule has 1 aromatic carbocycles. The minimum Gasteiger partial charge on any atom is -0.398 e. The molecule has 0 saturated heterocycles. The summed E-state index contributed by atoms with van der Waals surface area (Å²) in [4.78, 5) is 11.9. The van der Waals surface area contributed by atoms with Gasteiger partial charge in [-0.05, 0) is 24.6 Å². The summed E-state index contributed by atoms with van der Waals surface area (Å²) in [5, 5.41) is 10.9. The predicted molar refractivity (Wildman–Crippen MR) is 73.1 cm³/mol. The number of amides is 1. The van der Waals surface area contributed by atoms with Gasteiger partial charge in [0.25, 0.3) is 5.91 Å². The van der Waals surface area contributed by atoms with Crippen molar-refractivity contribution in [2.45, 2.75) is 19.5 Å². The molecular weight excluding hydrogens is 305 g/mol. The van der Waals surface area contributed by atoms with Crippen LogP contribution < -0.4 is 11.1 Å². The van der Waals surface area contributed by atoms with Gasteiger partial charge in [0.2, 0.25) is 5.13 Å². The average Bonchev–Trinajstić information content (AvgIpc) is 2.85. The van der Waals surface area contributed by atoms with Crippen LogP contribution in [0.4, 0.5) is 24.0 Å². The van der Waals surface area contributed by atoms with Gasteiger partial charge in [0, 0.05) is 11.3 Å². The van der Waals surface area contributed by atoms with Crippen LogP contribution in [0.2, 0.25) is 0 Å². The molecule has 0 saturated carbocycles. The Labute approximate surface area is 122 Å². The number of aromatic nitrogens is 2. The highest BCUT2D eigenvalue weighted by Gasteiger charge is 2.33. The zero-order valence-corrected chi connectivity index (χ0v) is 11.7. The molecule has 0 radical (unpaired) electrons. The average molecular weight is 316 g/mol. The third kappa shape index (κ3) is 3.48. The third-order valence-electron chi connectivity index (χ3n) is 2.61. The lowest BCUT2D eigenvalue weighted by Gasteiger charge is -2.11. The molecule has 112 valence electrons. The predicted octanol–water partition coefficient (Wildman–Crippen LogP) is 2.95. The van der Waals surface area contributed by atoms with Crippen molar-refractivity contribution in [2.75, 3.05) is 11.1 Å².